The molecule has 3 aromatic rings. The first-order valence-corrected chi connectivity index (χ1v) is 9.96. The molecular formula is C21H21ClN2O4S. The molecule has 1 heterocycles. The lowest BCUT2D eigenvalue weighted by Gasteiger charge is -2.14. The highest BCUT2D eigenvalue weighted by Gasteiger charge is 2.18. The van der Waals surface area contributed by atoms with E-state index >= 15 is 0 Å². The summed E-state index contributed by atoms with van der Waals surface area (Å²) in [6.07, 6.45) is 0. The van der Waals surface area contributed by atoms with Crippen LogP contribution in [0, 0.1) is 6.92 Å². The first-order valence-electron chi connectivity index (χ1n) is 8.77. The van der Waals surface area contributed by atoms with E-state index in [0.717, 1.165) is 16.1 Å². The maximum atomic E-state index is 12.8. The molecule has 0 atom stereocenters. The largest absolute Gasteiger partial charge is 0.496 e. The fourth-order valence-electron chi connectivity index (χ4n) is 2.84. The van der Waals surface area contributed by atoms with Crippen LogP contribution in [0.5, 0.6) is 17.2 Å². The number of ether oxygens (including phenoxy) is 3. The molecule has 0 unspecified atom stereocenters. The average molecular weight is 433 g/mol. The molecular weight excluding hydrogens is 412 g/mol. The van der Waals surface area contributed by atoms with Crippen molar-refractivity contribution >= 4 is 28.8 Å². The molecule has 1 aromatic heterocycles. The minimum absolute atomic E-state index is 0.204. The highest BCUT2D eigenvalue weighted by molar-refractivity contribution is 7.17. The number of amides is 1. The Morgan fingerprint density at radius 1 is 1.07 bits per heavy atom. The zero-order valence-corrected chi connectivity index (χ0v) is 18.1. The van der Waals surface area contributed by atoms with Gasteiger partial charge in [0.25, 0.3) is 5.91 Å². The fourth-order valence-corrected chi connectivity index (χ4v) is 4.01. The van der Waals surface area contributed by atoms with Crippen LogP contribution in [-0.4, -0.2) is 32.2 Å². The van der Waals surface area contributed by atoms with Crippen molar-refractivity contribution in [3.8, 4) is 27.8 Å². The Hall–Kier alpha value is -2.77. The molecule has 1 amide bonds. The minimum Gasteiger partial charge on any atom is -0.496 e. The first kappa shape index (κ1) is 21.0. The summed E-state index contributed by atoms with van der Waals surface area (Å²) in [5, 5.41) is 4.30. The number of rotatable bonds is 7. The van der Waals surface area contributed by atoms with E-state index in [-0.39, 0.29) is 12.5 Å². The third-order valence-electron chi connectivity index (χ3n) is 4.30. The second-order valence-corrected chi connectivity index (χ2v) is 7.58. The van der Waals surface area contributed by atoms with Gasteiger partial charge in [-0.3, -0.25) is 4.79 Å². The van der Waals surface area contributed by atoms with E-state index in [0.29, 0.717) is 32.8 Å². The van der Waals surface area contributed by atoms with Crippen LogP contribution in [0.15, 0.2) is 36.4 Å². The fraction of sp³-hybridized carbons (Fsp3) is 0.238. The molecule has 0 bridgehead atoms. The van der Waals surface area contributed by atoms with Crippen LogP contribution < -0.4 is 19.5 Å². The number of carbonyl (C=O) groups is 1. The lowest BCUT2D eigenvalue weighted by atomic mass is 10.1. The van der Waals surface area contributed by atoms with Crippen molar-refractivity contribution in [1.82, 2.24) is 10.3 Å². The summed E-state index contributed by atoms with van der Waals surface area (Å²) in [5.74, 6) is 1.52. The normalized spacial score (nSPS) is 10.5. The van der Waals surface area contributed by atoms with E-state index < -0.39 is 0 Å². The zero-order valence-electron chi connectivity index (χ0n) is 16.5. The van der Waals surface area contributed by atoms with E-state index in [9.17, 15) is 4.79 Å². The van der Waals surface area contributed by atoms with Crippen LogP contribution in [-0.2, 0) is 6.54 Å². The Morgan fingerprint density at radius 2 is 1.76 bits per heavy atom. The second-order valence-electron chi connectivity index (χ2n) is 6.15. The molecule has 2 aromatic carbocycles. The predicted molar refractivity (Wildman–Crippen MR) is 115 cm³/mol. The topological polar surface area (TPSA) is 69.7 Å². The number of nitrogens with zero attached hydrogens (tertiary/aromatic N) is 1. The third-order valence-corrected chi connectivity index (χ3v) is 5.74. The molecule has 152 valence electrons. The molecule has 0 fully saturated rings. The van der Waals surface area contributed by atoms with Crippen LogP contribution in [0.4, 0.5) is 0 Å². The highest BCUT2D eigenvalue weighted by atomic mass is 35.5. The van der Waals surface area contributed by atoms with Crippen LogP contribution in [0.2, 0.25) is 5.02 Å². The summed E-state index contributed by atoms with van der Waals surface area (Å²) < 4.78 is 16.0. The summed E-state index contributed by atoms with van der Waals surface area (Å²) in [7, 11) is 4.69. The smallest absolute Gasteiger partial charge is 0.263 e. The summed E-state index contributed by atoms with van der Waals surface area (Å²) in [6.45, 7) is 2.09. The van der Waals surface area contributed by atoms with Crippen molar-refractivity contribution in [2.24, 2.45) is 0 Å². The molecule has 0 aliphatic heterocycles. The summed E-state index contributed by atoms with van der Waals surface area (Å²) in [6, 6.07) is 10.9. The Kier molecular flexibility index (Phi) is 6.61. The second kappa shape index (κ2) is 9.15. The van der Waals surface area contributed by atoms with E-state index in [1.165, 1.54) is 11.3 Å². The molecule has 29 heavy (non-hydrogen) atoms. The molecule has 1 N–H and O–H groups in total. The van der Waals surface area contributed by atoms with Crippen LogP contribution in [0.3, 0.4) is 0 Å². The molecule has 3 rings (SSSR count). The maximum absolute atomic E-state index is 12.8. The summed E-state index contributed by atoms with van der Waals surface area (Å²) in [4.78, 5) is 17.8. The minimum atomic E-state index is -0.204. The summed E-state index contributed by atoms with van der Waals surface area (Å²) in [5.41, 5.74) is 2.32. The van der Waals surface area contributed by atoms with Gasteiger partial charge in [0.1, 0.15) is 15.6 Å². The van der Waals surface area contributed by atoms with Crippen molar-refractivity contribution in [3.63, 3.8) is 0 Å². The van der Waals surface area contributed by atoms with Gasteiger partial charge in [0.15, 0.2) is 11.5 Å². The number of hydrogen-bond acceptors (Lipinski definition) is 6. The standard InChI is InChI=1S/C21H21ClN2O4S/c1-12-19(29-21(24-12)13-6-5-7-15(22)8-13)20(25)23-11-14-9-17(27-3)18(28-4)10-16(14)26-2/h5-10H,11H2,1-4H3,(H,23,25). The Bertz CT molecular complexity index is 1040. The lowest BCUT2D eigenvalue weighted by molar-refractivity contribution is 0.0954. The molecule has 0 radical (unpaired) electrons. The number of benzene rings is 2. The van der Waals surface area contributed by atoms with Crippen molar-refractivity contribution < 1.29 is 19.0 Å². The average Bonchev–Trinajstić information content (AvgIpc) is 3.13. The van der Waals surface area contributed by atoms with E-state index in [4.69, 9.17) is 25.8 Å². The van der Waals surface area contributed by atoms with Gasteiger partial charge in [0.05, 0.1) is 27.0 Å². The number of carbonyl (C=O) groups excluding carboxylic acids is 1. The quantitative estimate of drug-likeness (QED) is 0.584. The zero-order chi connectivity index (χ0) is 21.0. The van der Waals surface area contributed by atoms with Crippen molar-refractivity contribution in [2.45, 2.75) is 13.5 Å². The van der Waals surface area contributed by atoms with Gasteiger partial charge < -0.3 is 19.5 Å². The number of aryl methyl sites for hydroxylation is 1. The van der Waals surface area contributed by atoms with Gasteiger partial charge in [0, 0.05) is 28.8 Å². The van der Waals surface area contributed by atoms with Gasteiger partial charge in [-0.2, -0.15) is 0 Å². The van der Waals surface area contributed by atoms with Crippen molar-refractivity contribution in [1.29, 1.82) is 0 Å². The molecule has 0 aliphatic carbocycles. The van der Waals surface area contributed by atoms with Crippen molar-refractivity contribution in [3.05, 3.63) is 57.6 Å². The summed E-state index contributed by atoms with van der Waals surface area (Å²) >= 11 is 7.39. The number of halogens is 1. The van der Waals surface area contributed by atoms with Gasteiger partial charge in [0.2, 0.25) is 0 Å². The number of thiazole rings is 1. The molecule has 6 nitrogen and oxygen atoms in total. The van der Waals surface area contributed by atoms with Crippen LogP contribution >= 0.6 is 22.9 Å². The van der Waals surface area contributed by atoms with Gasteiger partial charge in [-0.25, -0.2) is 4.98 Å². The van der Waals surface area contributed by atoms with Gasteiger partial charge in [-0.1, -0.05) is 23.7 Å². The molecule has 0 spiro atoms. The van der Waals surface area contributed by atoms with E-state index in [1.807, 2.05) is 25.1 Å². The van der Waals surface area contributed by atoms with Crippen molar-refractivity contribution in [2.75, 3.05) is 21.3 Å². The van der Waals surface area contributed by atoms with E-state index in [1.54, 1.807) is 39.5 Å². The predicted octanol–water partition coefficient (Wildman–Crippen LogP) is 4.73. The van der Waals surface area contributed by atoms with Crippen LogP contribution in [0.1, 0.15) is 20.9 Å². The van der Waals surface area contributed by atoms with Gasteiger partial charge in [-0.05, 0) is 25.1 Å². The number of nitrogens with one attached hydrogen (secondary N) is 1. The molecule has 8 heteroatoms. The molecule has 0 aliphatic rings. The van der Waals surface area contributed by atoms with Crippen LogP contribution in [0.25, 0.3) is 10.6 Å². The first-order chi connectivity index (χ1) is 14.0. The third kappa shape index (κ3) is 4.63. The molecule has 0 saturated carbocycles. The number of hydrogen-bond donors (Lipinski definition) is 1. The van der Waals surface area contributed by atoms with Gasteiger partial charge >= 0.3 is 0 Å². The molecule has 0 saturated heterocycles. The Morgan fingerprint density at radius 3 is 2.41 bits per heavy atom. The van der Waals surface area contributed by atoms with Gasteiger partial charge in [-0.15, -0.1) is 11.3 Å². The lowest BCUT2D eigenvalue weighted by Crippen LogP contribution is -2.23. The SMILES string of the molecule is COc1cc(OC)c(OC)cc1CNC(=O)c1sc(-c2cccc(Cl)c2)nc1C. The highest BCUT2D eigenvalue weighted by Crippen LogP contribution is 2.35. The Labute approximate surface area is 178 Å². The monoisotopic (exact) mass is 432 g/mol. The number of methoxy groups -OCH3 is 3. The maximum Gasteiger partial charge on any atom is 0.263 e. The Balaban J connectivity index is 1.80. The van der Waals surface area contributed by atoms with E-state index in [2.05, 4.69) is 10.3 Å². The number of aromatic nitrogens is 1.